The summed E-state index contributed by atoms with van der Waals surface area (Å²) in [7, 11) is 1.40. The molecule has 2 heterocycles. The number of rotatable bonds is 2. The highest BCUT2D eigenvalue weighted by Gasteiger charge is 2.34. The molecule has 0 bridgehead atoms. The van der Waals surface area contributed by atoms with Crippen LogP contribution in [0.5, 0.6) is 0 Å². The van der Waals surface area contributed by atoms with Crippen molar-refractivity contribution in [3.63, 3.8) is 0 Å². The number of likely N-dealkylation sites (tertiary alicyclic amines) is 1. The van der Waals surface area contributed by atoms with Gasteiger partial charge in [-0.2, -0.15) is 0 Å². The zero-order chi connectivity index (χ0) is 13.1. The van der Waals surface area contributed by atoms with Crippen LogP contribution in [0.15, 0.2) is 23.0 Å². The van der Waals surface area contributed by atoms with E-state index in [-0.39, 0.29) is 23.7 Å². The second kappa shape index (κ2) is 5.25. The number of furan rings is 1. The lowest BCUT2D eigenvalue weighted by molar-refractivity contribution is -0.148. The third-order valence-corrected chi connectivity index (χ3v) is 3.46. The molecule has 0 spiro atoms. The molecule has 0 radical (unpaired) electrons. The standard InChI is InChI=1S/C13H17NO4/c1-9-7-14(5-3-11(9)13(16)17-2)12(15)10-4-6-18-8-10/h4,6,8-9,11H,3,5,7H2,1-2H3/t9-,11-/m1/s1. The van der Waals surface area contributed by atoms with E-state index in [4.69, 9.17) is 9.15 Å². The summed E-state index contributed by atoms with van der Waals surface area (Å²) in [5.41, 5.74) is 0.554. The average molecular weight is 251 g/mol. The van der Waals surface area contributed by atoms with Gasteiger partial charge in [0.25, 0.3) is 5.91 Å². The van der Waals surface area contributed by atoms with E-state index < -0.39 is 0 Å². The summed E-state index contributed by atoms with van der Waals surface area (Å²) in [6.45, 7) is 3.12. The highest BCUT2D eigenvalue weighted by molar-refractivity contribution is 5.94. The monoisotopic (exact) mass is 251 g/mol. The van der Waals surface area contributed by atoms with Crippen molar-refractivity contribution in [2.75, 3.05) is 20.2 Å². The number of piperidine rings is 1. The molecule has 5 nitrogen and oxygen atoms in total. The predicted molar refractivity (Wildman–Crippen MR) is 63.9 cm³/mol. The maximum Gasteiger partial charge on any atom is 0.309 e. The number of carbonyl (C=O) groups excluding carboxylic acids is 2. The van der Waals surface area contributed by atoms with E-state index in [1.165, 1.54) is 19.6 Å². The summed E-state index contributed by atoms with van der Waals surface area (Å²) in [4.78, 5) is 25.4. The molecule has 2 atom stereocenters. The van der Waals surface area contributed by atoms with Gasteiger partial charge in [-0.15, -0.1) is 0 Å². The van der Waals surface area contributed by atoms with Crippen LogP contribution in [0.4, 0.5) is 0 Å². The van der Waals surface area contributed by atoms with E-state index in [0.717, 1.165) is 0 Å². The SMILES string of the molecule is COC(=O)[C@@H]1CCN(C(=O)c2ccoc2)C[C@H]1C. The molecule has 0 aliphatic carbocycles. The van der Waals surface area contributed by atoms with Crippen molar-refractivity contribution in [2.24, 2.45) is 11.8 Å². The molecule has 1 aliphatic rings. The Balaban J connectivity index is 2.00. The van der Waals surface area contributed by atoms with Crippen LogP contribution in [-0.4, -0.2) is 37.0 Å². The molecular formula is C13H17NO4. The zero-order valence-corrected chi connectivity index (χ0v) is 10.6. The third kappa shape index (κ3) is 2.39. The van der Waals surface area contributed by atoms with Gasteiger partial charge < -0.3 is 14.1 Å². The van der Waals surface area contributed by atoms with Gasteiger partial charge in [0.1, 0.15) is 6.26 Å². The minimum Gasteiger partial charge on any atom is -0.472 e. The van der Waals surface area contributed by atoms with Crippen LogP contribution in [0.3, 0.4) is 0 Å². The van der Waals surface area contributed by atoms with E-state index in [0.29, 0.717) is 25.1 Å². The molecule has 1 saturated heterocycles. The topological polar surface area (TPSA) is 59.8 Å². The molecule has 1 fully saturated rings. The molecule has 0 N–H and O–H groups in total. The van der Waals surface area contributed by atoms with Crippen LogP contribution in [0, 0.1) is 11.8 Å². The highest BCUT2D eigenvalue weighted by Crippen LogP contribution is 2.25. The Kier molecular flexibility index (Phi) is 3.69. The van der Waals surface area contributed by atoms with Crippen molar-refractivity contribution in [3.8, 4) is 0 Å². The van der Waals surface area contributed by atoms with Crippen LogP contribution in [0.1, 0.15) is 23.7 Å². The van der Waals surface area contributed by atoms with Gasteiger partial charge in [-0.1, -0.05) is 6.92 Å². The van der Waals surface area contributed by atoms with Crippen LogP contribution in [0.25, 0.3) is 0 Å². The fourth-order valence-electron chi connectivity index (χ4n) is 2.40. The minimum absolute atomic E-state index is 0.0427. The van der Waals surface area contributed by atoms with Crippen molar-refractivity contribution in [2.45, 2.75) is 13.3 Å². The van der Waals surface area contributed by atoms with Crippen molar-refractivity contribution in [3.05, 3.63) is 24.2 Å². The Labute approximate surface area is 106 Å². The number of hydrogen-bond acceptors (Lipinski definition) is 4. The molecule has 1 aromatic rings. The molecule has 0 saturated carbocycles. The average Bonchev–Trinajstić information content (AvgIpc) is 2.90. The van der Waals surface area contributed by atoms with Gasteiger partial charge in [0.2, 0.25) is 0 Å². The smallest absolute Gasteiger partial charge is 0.309 e. The van der Waals surface area contributed by atoms with E-state index in [1.54, 1.807) is 11.0 Å². The number of esters is 1. The van der Waals surface area contributed by atoms with E-state index in [9.17, 15) is 9.59 Å². The lowest BCUT2D eigenvalue weighted by Gasteiger charge is -2.35. The number of hydrogen-bond donors (Lipinski definition) is 0. The van der Waals surface area contributed by atoms with Gasteiger partial charge in [-0.05, 0) is 18.4 Å². The maximum absolute atomic E-state index is 12.1. The molecule has 0 aromatic carbocycles. The Hall–Kier alpha value is -1.78. The van der Waals surface area contributed by atoms with Gasteiger partial charge in [-0.25, -0.2) is 0 Å². The molecule has 0 unspecified atom stereocenters. The number of ether oxygens (including phenoxy) is 1. The lowest BCUT2D eigenvalue weighted by atomic mass is 9.87. The summed E-state index contributed by atoms with van der Waals surface area (Å²) >= 11 is 0. The first-order valence-corrected chi connectivity index (χ1v) is 6.02. The van der Waals surface area contributed by atoms with Gasteiger partial charge in [0.15, 0.2) is 0 Å². The first-order chi connectivity index (χ1) is 8.63. The normalized spacial score (nSPS) is 23.8. The van der Waals surface area contributed by atoms with E-state index in [1.807, 2.05) is 6.92 Å². The molecule has 2 rings (SSSR count). The fraction of sp³-hybridized carbons (Fsp3) is 0.538. The molecular weight excluding hydrogens is 234 g/mol. The van der Waals surface area contributed by atoms with Crippen LogP contribution in [-0.2, 0) is 9.53 Å². The van der Waals surface area contributed by atoms with Gasteiger partial charge in [-0.3, -0.25) is 9.59 Å². The summed E-state index contributed by atoms with van der Waals surface area (Å²) in [5.74, 6) is -0.220. The number of carbonyl (C=O) groups is 2. The number of amides is 1. The van der Waals surface area contributed by atoms with Gasteiger partial charge in [0.05, 0.1) is 24.9 Å². The van der Waals surface area contributed by atoms with E-state index in [2.05, 4.69) is 0 Å². The first-order valence-electron chi connectivity index (χ1n) is 6.02. The Morgan fingerprint density at radius 2 is 2.28 bits per heavy atom. The van der Waals surface area contributed by atoms with Gasteiger partial charge in [0, 0.05) is 13.1 Å². The minimum atomic E-state index is -0.182. The van der Waals surface area contributed by atoms with Crippen LogP contribution in [0.2, 0.25) is 0 Å². The van der Waals surface area contributed by atoms with Crippen LogP contribution >= 0.6 is 0 Å². The van der Waals surface area contributed by atoms with E-state index >= 15 is 0 Å². The summed E-state index contributed by atoms with van der Waals surface area (Å²) in [6.07, 6.45) is 3.58. The molecule has 18 heavy (non-hydrogen) atoms. The number of nitrogens with zero attached hydrogens (tertiary/aromatic N) is 1. The third-order valence-electron chi connectivity index (χ3n) is 3.46. The first kappa shape index (κ1) is 12.7. The Bertz CT molecular complexity index is 426. The molecule has 98 valence electrons. The van der Waals surface area contributed by atoms with Crippen molar-refractivity contribution in [1.82, 2.24) is 4.90 Å². The second-order valence-electron chi connectivity index (χ2n) is 4.66. The molecule has 1 aliphatic heterocycles. The highest BCUT2D eigenvalue weighted by atomic mass is 16.5. The molecule has 1 aromatic heterocycles. The lowest BCUT2D eigenvalue weighted by Crippen LogP contribution is -2.45. The van der Waals surface area contributed by atoms with Crippen molar-refractivity contribution < 1.29 is 18.7 Å². The van der Waals surface area contributed by atoms with Crippen molar-refractivity contribution in [1.29, 1.82) is 0 Å². The number of methoxy groups -OCH3 is 1. The fourth-order valence-corrected chi connectivity index (χ4v) is 2.40. The zero-order valence-electron chi connectivity index (χ0n) is 10.6. The predicted octanol–water partition coefficient (Wildman–Crippen LogP) is 1.55. The molecule has 1 amide bonds. The second-order valence-corrected chi connectivity index (χ2v) is 4.66. The Morgan fingerprint density at radius 1 is 1.50 bits per heavy atom. The maximum atomic E-state index is 12.1. The van der Waals surface area contributed by atoms with Gasteiger partial charge >= 0.3 is 5.97 Å². The molecule has 5 heteroatoms. The summed E-state index contributed by atoms with van der Waals surface area (Å²) < 4.78 is 9.68. The largest absolute Gasteiger partial charge is 0.472 e. The quantitative estimate of drug-likeness (QED) is 0.748. The Morgan fingerprint density at radius 3 is 2.83 bits per heavy atom. The summed E-state index contributed by atoms with van der Waals surface area (Å²) in [5, 5.41) is 0. The van der Waals surface area contributed by atoms with Crippen molar-refractivity contribution >= 4 is 11.9 Å². The van der Waals surface area contributed by atoms with Crippen LogP contribution < -0.4 is 0 Å². The summed E-state index contributed by atoms with van der Waals surface area (Å²) in [6, 6.07) is 1.65.